The van der Waals surface area contributed by atoms with Crippen LogP contribution in [-0.2, 0) is 0 Å². The molecule has 0 radical (unpaired) electrons. The minimum absolute atomic E-state index is 0.601. The first-order valence-corrected chi connectivity index (χ1v) is 16.7. The minimum atomic E-state index is 0.601. The Balaban J connectivity index is 1.36. The summed E-state index contributed by atoms with van der Waals surface area (Å²) in [5.41, 5.74) is 11.7. The van der Waals surface area contributed by atoms with Gasteiger partial charge in [-0.05, 0) is 71.1 Å². The molecule has 0 aliphatic heterocycles. The Bertz CT molecular complexity index is 2590. The van der Waals surface area contributed by atoms with E-state index in [0.29, 0.717) is 17.5 Å². The maximum atomic E-state index is 5.19. The Kier molecular flexibility index (Phi) is 7.29. The highest BCUT2D eigenvalue weighted by Crippen LogP contribution is 2.39. The van der Waals surface area contributed by atoms with Crippen LogP contribution in [0, 0.1) is 6.92 Å². The zero-order valence-electron chi connectivity index (χ0n) is 27.4. The van der Waals surface area contributed by atoms with Crippen LogP contribution in [0.2, 0.25) is 0 Å². The molecule has 9 aromatic rings. The molecule has 0 fully saturated rings. The Morgan fingerprint density at radius 2 is 1.00 bits per heavy atom. The summed E-state index contributed by atoms with van der Waals surface area (Å²) in [4.78, 5) is 19.6. The van der Waals surface area contributed by atoms with Crippen LogP contribution in [0.15, 0.2) is 170 Å². The second kappa shape index (κ2) is 12.4. The molecule has 9 rings (SSSR count). The quantitative estimate of drug-likeness (QED) is 0.181. The lowest BCUT2D eigenvalue weighted by molar-refractivity contribution is 1.06. The smallest absolute Gasteiger partial charge is 0.166 e. The summed E-state index contributed by atoms with van der Waals surface area (Å²) in [7, 11) is 0. The molecule has 0 saturated carbocycles. The highest BCUT2D eigenvalue weighted by atomic mass is 15.1. The number of aromatic nitrogens is 5. The molecular formula is C45H31N5. The van der Waals surface area contributed by atoms with E-state index in [0.717, 1.165) is 44.5 Å². The van der Waals surface area contributed by atoms with Crippen LogP contribution in [0.3, 0.4) is 0 Å². The Labute approximate surface area is 290 Å². The van der Waals surface area contributed by atoms with E-state index < -0.39 is 0 Å². The van der Waals surface area contributed by atoms with Gasteiger partial charge in [0.1, 0.15) is 0 Å². The molecule has 3 heterocycles. The van der Waals surface area contributed by atoms with Crippen molar-refractivity contribution in [3.8, 4) is 62.1 Å². The number of hydrogen-bond donors (Lipinski definition) is 0. The van der Waals surface area contributed by atoms with Gasteiger partial charge in [-0.3, -0.25) is 4.98 Å². The second-order valence-corrected chi connectivity index (χ2v) is 12.4. The first-order chi connectivity index (χ1) is 24.7. The van der Waals surface area contributed by atoms with E-state index in [1.54, 1.807) is 0 Å². The Morgan fingerprint density at radius 3 is 1.72 bits per heavy atom. The van der Waals surface area contributed by atoms with Crippen molar-refractivity contribution in [2.24, 2.45) is 0 Å². The van der Waals surface area contributed by atoms with Crippen LogP contribution in [0.1, 0.15) is 5.56 Å². The van der Waals surface area contributed by atoms with Crippen molar-refractivity contribution >= 4 is 21.8 Å². The maximum absolute atomic E-state index is 5.19. The van der Waals surface area contributed by atoms with E-state index in [2.05, 4.69) is 101 Å². The molecule has 0 unspecified atom stereocenters. The number of benzene rings is 6. The molecule has 3 aromatic heterocycles. The third-order valence-corrected chi connectivity index (χ3v) is 9.32. The van der Waals surface area contributed by atoms with E-state index >= 15 is 0 Å². The van der Waals surface area contributed by atoms with Gasteiger partial charge >= 0.3 is 0 Å². The van der Waals surface area contributed by atoms with Gasteiger partial charge in [0, 0.05) is 39.9 Å². The monoisotopic (exact) mass is 641 g/mol. The van der Waals surface area contributed by atoms with Crippen molar-refractivity contribution in [2.75, 3.05) is 0 Å². The molecule has 0 amide bonds. The van der Waals surface area contributed by atoms with E-state index in [9.17, 15) is 0 Å². The van der Waals surface area contributed by atoms with Crippen LogP contribution in [0.25, 0.3) is 83.9 Å². The molecule has 5 nitrogen and oxygen atoms in total. The van der Waals surface area contributed by atoms with Crippen LogP contribution < -0.4 is 0 Å². The standard InChI is InChI=1S/C45H31N5/c1-30-12-8-9-17-36(30)35-20-22-38-37-18-10-11-19-40(37)50(42(38)29-35)41-23-21-34(31-24-26-46-27-25-31)28-39(41)45-48-43(32-13-4-2-5-14-32)47-44(49-45)33-15-6-3-7-16-33/h2-29H,1H3. The lowest BCUT2D eigenvalue weighted by atomic mass is 9.99. The van der Waals surface area contributed by atoms with Crippen LogP contribution >= 0.6 is 0 Å². The summed E-state index contributed by atoms with van der Waals surface area (Å²) in [5.74, 6) is 1.85. The predicted molar refractivity (Wildman–Crippen MR) is 204 cm³/mol. The predicted octanol–water partition coefficient (Wildman–Crippen LogP) is 11.0. The van der Waals surface area contributed by atoms with Crippen LogP contribution in [0.4, 0.5) is 0 Å². The molecule has 0 saturated heterocycles. The molecule has 6 aromatic carbocycles. The molecule has 0 atom stereocenters. The van der Waals surface area contributed by atoms with Crippen molar-refractivity contribution in [3.63, 3.8) is 0 Å². The molecule has 0 N–H and O–H groups in total. The summed E-state index contributed by atoms with van der Waals surface area (Å²) < 4.78 is 2.37. The maximum Gasteiger partial charge on any atom is 0.166 e. The van der Waals surface area contributed by atoms with Gasteiger partial charge in [-0.2, -0.15) is 0 Å². The summed E-state index contributed by atoms with van der Waals surface area (Å²) in [6.45, 7) is 2.17. The first-order valence-electron chi connectivity index (χ1n) is 16.7. The SMILES string of the molecule is Cc1ccccc1-c1ccc2c3ccccc3n(-c3ccc(-c4ccncc4)cc3-c3nc(-c4ccccc4)nc(-c4ccccc4)n3)c2c1. The van der Waals surface area contributed by atoms with E-state index in [4.69, 9.17) is 15.0 Å². The highest BCUT2D eigenvalue weighted by molar-refractivity contribution is 6.10. The van der Waals surface area contributed by atoms with Crippen molar-refractivity contribution in [1.82, 2.24) is 24.5 Å². The average Bonchev–Trinajstić information content (AvgIpc) is 3.52. The van der Waals surface area contributed by atoms with Crippen molar-refractivity contribution in [3.05, 3.63) is 176 Å². The fourth-order valence-electron chi connectivity index (χ4n) is 6.86. The number of para-hydroxylation sites is 1. The molecule has 0 bridgehead atoms. The molecule has 50 heavy (non-hydrogen) atoms. The lowest BCUT2D eigenvalue weighted by Crippen LogP contribution is -2.04. The molecular weight excluding hydrogens is 611 g/mol. The van der Waals surface area contributed by atoms with Gasteiger partial charge in [-0.15, -0.1) is 0 Å². The number of fused-ring (bicyclic) bond motifs is 3. The van der Waals surface area contributed by atoms with Gasteiger partial charge in [-0.25, -0.2) is 15.0 Å². The number of nitrogens with zero attached hydrogens (tertiary/aromatic N) is 5. The van der Waals surface area contributed by atoms with Crippen molar-refractivity contribution in [1.29, 1.82) is 0 Å². The lowest BCUT2D eigenvalue weighted by Gasteiger charge is -2.16. The number of aryl methyl sites for hydroxylation is 1. The van der Waals surface area contributed by atoms with Gasteiger partial charge in [0.2, 0.25) is 0 Å². The topological polar surface area (TPSA) is 56.5 Å². The fourth-order valence-corrected chi connectivity index (χ4v) is 6.86. The molecule has 0 aliphatic rings. The molecule has 236 valence electrons. The first kappa shape index (κ1) is 29.4. The number of hydrogen-bond acceptors (Lipinski definition) is 4. The average molecular weight is 642 g/mol. The minimum Gasteiger partial charge on any atom is -0.308 e. The largest absolute Gasteiger partial charge is 0.308 e. The van der Waals surface area contributed by atoms with Crippen molar-refractivity contribution < 1.29 is 0 Å². The van der Waals surface area contributed by atoms with E-state index in [1.165, 1.54) is 27.5 Å². The molecule has 5 heteroatoms. The van der Waals surface area contributed by atoms with Gasteiger partial charge in [0.25, 0.3) is 0 Å². The summed E-state index contributed by atoms with van der Waals surface area (Å²) >= 11 is 0. The number of pyridine rings is 1. The Morgan fingerprint density at radius 1 is 0.400 bits per heavy atom. The van der Waals surface area contributed by atoms with Gasteiger partial charge in [-0.1, -0.05) is 121 Å². The molecule has 0 spiro atoms. The third-order valence-electron chi connectivity index (χ3n) is 9.32. The highest BCUT2D eigenvalue weighted by Gasteiger charge is 2.21. The second-order valence-electron chi connectivity index (χ2n) is 12.4. The third kappa shape index (κ3) is 5.22. The van der Waals surface area contributed by atoms with Crippen LogP contribution in [-0.4, -0.2) is 24.5 Å². The zero-order chi connectivity index (χ0) is 33.4. The summed E-state index contributed by atoms with van der Waals surface area (Å²) in [5, 5.41) is 2.38. The van der Waals surface area contributed by atoms with Gasteiger partial charge in [0.15, 0.2) is 17.5 Å². The van der Waals surface area contributed by atoms with Crippen LogP contribution in [0.5, 0.6) is 0 Å². The molecule has 0 aliphatic carbocycles. The van der Waals surface area contributed by atoms with E-state index in [-0.39, 0.29) is 0 Å². The zero-order valence-corrected chi connectivity index (χ0v) is 27.4. The summed E-state index contributed by atoms with van der Waals surface area (Å²) in [6.07, 6.45) is 3.65. The Hall–Kier alpha value is -6.72. The normalized spacial score (nSPS) is 11.3. The fraction of sp³-hybridized carbons (Fsp3) is 0.0222. The van der Waals surface area contributed by atoms with Gasteiger partial charge < -0.3 is 4.57 Å². The number of rotatable bonds is 6. The van der Waals surface area contributed by atoms with E-state index in [1.807, 2.05) is 85.2 Å². The van der Waals surface area contributed by atoms with Crippen molar-refractivity contribution in [2.45, 2.75) is 6.92 Å². The van der Waals surface area contributed by atoms with Gasteiger partial charge in [0.05, 0.1) is 16.7 Å². The summed E-state index contributed by atoms with van der Waals surface area (Å²) in [6, 6.07) is 54.9.